The molecule has 1 heterocycles. The summed E-state index contributed by atoms with van der Waals surface area (Å²) in [6.45, 7) is 5.18. The molecule has 1 saturated carbocycles. The number of aromatic nitrogens is 2. The molecule has 1 N–H and O–H groups in total. The van der Waals surface area contributed by atoms with Crippen molar-refractivity contribution in [2.75, 3.05) is 11.9 Å². The number of halogens is 1. The molecule has 4 heteroatoms. The quantitative estimate of drug-likeness (QED) is 0.782. The highest BCUT2D eigenvalue weighted by Crippen LogP contribution is 2.44. The number of hydrogen-bond acceptors (Lipinski definition) is 3. The van der Waals surface area contributed by atoms with Gasteiger partial charge in [0.2, 0.25) is 0 Å². The van der Waals surface area contributed by atoms with E-state index >= 15 is 0 Å². The van der Waals surface area contributed by atoms with Gasteiger partial charge in [-0.05, 0) is 25.2 Å². The molecular weight excluding hydrogens is 198 g/mol. The van der Waals surface area contributed by atoms with E-state index in [9.17, 15) is 0 Å². The predicted molar refractivity (Wildman–Crippen MR) is 57.6 cm³/mol. The zero-order valence-electron chi connectivity index (χ0n) is 8.47. The van der Waals surface area contributed by atoms with E-state index in [1.807, 2.05) is 6.92 Å². The van der Waals surface area contributed by atoms with Crippen LogP contribution in [-0.4, -0.2) is 16.5 Å². The van der Waals surface area contributed by atoms with E-state index in [0.717, 1.165) is 17.9 Å². The number of anilines is 1. The van der Waals surface area contributed by atoms with Crippen LogP contribution >= 0.6 is 11.6 Å². The average molecular weight is 212 g/mol. The monoisotopic (exact) mass is 211 g/mol. The molecule has 1 aliphatic carbocycles. The third-order valence-electron chi connectivity index (χ3n) is 2.81. The lowest BCUT2D eigenvalue weighted by atomic mass is 10.1. The first-order valence-corrected chi connectivity index (χ1v) is 5.19. The fraction of sp³-hybridized carbons (Fsp3) is 0.600. The Hall–Kier alpha value is -0.830. The first kappa shape index (κ1) is 9.71. The van der Waals surface area contributed by atoms with Gasteiger partial charge in [-0.25, -0.2) is 9.97 Å². The van der Waals surface area contributed by atoms with E-state index in [0.29, 0.717) is 10.6 Å². The topological polar surface area (TPSA) is 37.8 Å². The van der Waals surface area contributed by atoms with E-state index < -0.39 is 0 Å². The fourth-order valence-corrected chi connectivity index (χ4v) is 1.43. The van der Waals surface area contributed by atoms with E-state index in [1.165, 1.54) is 19.2 Å². The van der Waals surface area contributed by atoms with Crippen LogP contribution in [0.1, 0.15) is 25.3 Å². The second-order valence-corrected chi connectivity index (χ2v) is 4.66. The lowest BCUT2D eigenvalue weighted by Crippen LogP contribution is -2.13. The standard InChI is InChI=1S/C10H14ClN3/c1-7-8(11)13-6-14-9(7)12-5-10(2)3-4-10/h6H,3-5H2,1-2H3,(H,12,13,14). The molecule has 0 bridgehead atoms. The fourth-order valence-electron chi connectivity index (χ4n) is 1.29. The third-order valence-corrected chi connectivity index (χ3v) is 3.19. The van der Waals surface area contributed by atoms with Crippen molar-refractivity contribution in [1.82, 2.24) is 9.97 Å². The summed E-state index contributed by atoms with van der Waals surface area (Å²) in [5.74, 6) is 0.859. The Morgan fingerprint density at radius 1 is 1.50 bits per heavy atom. The largest absolute Gasteiger partial charge is 0.369 e. The van der Waals surface area contributed by atoms with E-state index in [1.54, 1.807) is 0 Å². The Kier molecular flexibility index (Phi) is 2.35. The van der Waals surface area contributed by atoms with Crippen LogP contribution in [0.15, 0.2) is 6.33 Å². The minimum absolute atomic E-state index is 0.476. The van der Waals surface area contributed by atoms with Gasteiger partial charge in [0.25, 0.3) is 0 Å². The van der Waals surface area contributed by atoms with Crippen LogP contribution < -0.4 is 5.32 Å². The zero-order chi connectivity index (χ0) is 10.2. The molecule has 2 rings (SSSR count). The summed E-state index contributed by atoms with van der Waals surface area (Å²) in [7, 11) is 0. The Labute approximate surface area is 88.9 Å². The molecule has 14 heavy (non-hydrogen) atoms. The van der Waals surface area contributed by atoms with Crippen LogP contribution in [0, 0.1) is 12.3 Å². The lowest BCUT2D eigenvalue weighted by Gasteiger charge is -2.12. The second-order valence-electron chi connectivity index (χ2n) is 4.30. The van der Waals surface area contributed by atoms with Crippen LogP contribution in [0.3, 0.4) is 0 Å². The van der Waals surface area contributed by atoms with E-state index in [4.69, 9.17) is 11.6 Å². The molecule has 0 aromatic carbocycles. The number of rotatable bonds is 3. The molecule has 0 saturated heterocycles. The molecule has 0 radical (unpaired) electrons. The van der Waals surface area contributed by atoms with E-state index in [2.05, 4.69) is 22.2 Å². The van der Waals surface area contributed by atoms with Crippen LogP contribution in [-0.2, 0) is 0 Å². The summed E-state index contributed by atoms with van der Waals surface area (Å²) in [4.78, 5) is 8.08. The number of nitrogens with one attached hydrogen (secondary N) is 1. The Bertz CT molecular complexity index is 347. The van der Waals surface area contributed by atoms with Crippen molar-refractivity contribution < 1.29 is 0 Å². The summed E-state index contributed by atoms with van der Waals surface area (Å²) < 4.78 is 0. The molecule has 0 amide bonds. The smallest absolute Gasteiger partial charge is 0.137 e. The summed E-state index contributed by atoms with van der Waals surface area (Å²) in [5, 5.41) is 3.85. The van der Waals surface area contributed by atoms with Gasteiger partial charge in [-0.2, -0.15) is 0 Å². The normalized spacial score (nSPS) is 17.9. The maximum atomic E-state index is 5.89. The molecule has 0 unspecified atom stereocenters. The van der Waals surface area contributed by atoms with Gasteiger partial charge >= 0.3 is 0 Å². The van der Waals surface area contributed by atoms with Gasteiger partial charge in [0.15, 0.2) is 0 Å². The van der Waals surface area contributed by atoms with Crippen molar-refractivity contribution in [2.24, 2.45) is 5.41 Å². The van der Waals surface area contributed by atoms with E-state index in [-0.39, 0.29) is 0 Å². The van der Waals surface area contributed by atoms with Gasteiger partial charge < -0.3 is 5.32 Å². The first-order chi connectivity index (χ1) is 6.61. The summed E-state index contributed by atoms with van der Waals surface area (Å²) in [5.41, 5.74) is 1.41. The van der Waals surface area contributed by atoms with Crippen molar-refractivity contribution in [3.8, 4) is 0 Å². The maximum Gasteiger partial charge on any atom is 0.137 e. The second kappa shape index (κ2) is 3.39. The Morgan fingerprint density at radius 2 is 2.21 bits per heavy atom. The van der Waals surface area contributed by atoms with Crippen LogP contribution in [0.4, 0.5) is 5.82 Å². The first-order valence-electron chi connectivity index (χ1n) is 4.82. The van der Waals surface area contributed by atoms with Crippen LogP contribution in [0.25, 0.3) is 0 Å². The zero-order valence-corrected chi connectivity index (χ0v) is 9.23. The van der Waals surface area contributed by atoms with Gasteiger partial charge in [-0.15, -0.1) is 0 Å². The SMILES string of the molecule is Cc1c(Cl)ncnc1NCC1(C)CC1. The molecule has 1 fully saturated rings. The minimum atomic E-state index is 0.476. The number of hydrogen-bond donors (Lipinski definition) is 1. The molecular formula is C10H14ClN3. The number of nitrogens with zero attached hydrogens (tertiary/aromatic N) is 2. The van der Waals surface area contributed by atoms with Crippen molar-refractivity contribution in [1.29, 1.82) is 0 Å². The minimum Gasteiger partial charge on any atom is -0.369 e. The maximum absolute atomic E-state index is 5.89. The van der Waals surface area contributed by atoms with Crippen molar-refractivity contribution in [3.05, 3.63) is 17.0 Å². The highest BCUT2D eigenvalue weighted by atomic mass is 35.5. The molecule has 1 aromatic heterocycles. The molecule has 0 aliphatic heterocycles. The van der Waals surface area contributed by atoms with Crippen LogP contribution in [0.5, 0.6) is 0 Å². The molecule has 1 aliphatic rings. The van der Waals surface area contributed by atoms with Gasteiger partial charge in [0.1, 0.15) is 17.3 Å². The summed E-state index contributed by atoms with van der Waals surface area (Å²) in [6, 6.07) is 0. The van der Waals surface area contributed by atoms with Gasteiger partial charge in [0, 0.05) is 12.1 Å². The highest BCUT2D eigenvalue weighted by Gasteiger charge is 2.36. The molecule has 0 atom stereocenters. The van der Waals surface area contributed by atoms with Crippen LogP contribution in [0.2, 0.25) is 5.15 Å². The summed E-state index contributed by atoms with van der Waals surface area (Å²) >= 11 is 5.89. The van der Waals surface area contributed by atoms with Gasteiger partial charge in [-0.3, -0.25) is 0 Å². The average Bonchev–Trinajstić information content (AvgIpc) is 2.88. The highest BCUT2D eigenvalue weighted by molar-refractivity contribution is 6.30. The molecule has 76 valence electrons. The van der Waals surface area contributed by atoms with Crippen molar-refractivity contribution in [3.63, 3.8) is 0 Å². The van der Waals surface area contributed by atoms with Crippen molar-refractivity contribution in [2.45, 2.75) is 26.7 Å². The Balaban J connectivity index is 2.05. The predicted octanol–water partition coefficient (Wildman–Crippen LogP) is 2.65. The van der Waals surface area contributed by atoms with Gasteiger partial charge in [0.05, 0.1) is 0 Å². The third kappa shape index (κ3) is 1.98. The molecule has 1 aromatic rings. The molecule has 0 spiro atoms. The van der Waals surface area contributed by atoms with Crippen molar-refractivity contribution >= 4 is 17.4 Å². The summed E-state index contributed by atoms with van der Waals surface area (Å²) in [6.07, 6.45) is 4.10. The molecule has 3 nitrogen and oxygen atoms in total. The van der Waals surface area contributed by atoms with Gasteiger partial charge in [-0.1, -0.05) is 18.5 Å². The Morgan fingerprint density at radius 3 is 2.86 bits per heavy atom. The lowest BCUT2D eigenvalue weighted by molar-refractivity contribution is 0.609.